The molecule has 1 rings (SSSR count). The van der Waals surface area contributed by atoms with E-state index in [1.165, 1.54) is 0 Å². The zero-order chi connectivity index (χ0) is 12.8. The molecule has 1 aromatic carbocycles. The molecule has 0 spiro atoms. The zero-order valence-electron chi connectivity index (χ0n) is 9.97. The Hall–Kier alpha value is -1.81. The van der Waals surface area contributed by atoms with Gasteiger partial charge in [0.2, 0.25) is 5.91 Å². The summed E-state index contributed by atoms with van der Waals surface area (Å²) in [5, 5.41) is 9.40. The number of rotatable bonds is 5. The van der Waals surface area contributed by atoms with Crippen molar-refractivity contribution in [3.63, 3.8) is 0 Å². The Morgan fingerprint density at radius 3 is 2.88 bits per heavy atom. The monoisotopic (exact) mass is 234 g/mol. The molecule has 4 heteroatoms. The van der Waals surface area contributed by atoms with Gasteiger partial charge in [0.1, 0.15) is 5.75 Å². The van der Waals surface area contributed by atoms with Crippen molar-refractivity contribution in [2.45, 2.75) is 19.4 Å². The van der Waals surface area contributed by atoms with Crippen molar-refractivity contribution in [3.05, 3.63) is 36.9 Å². The number of nitrogens with zero attached hydrogens (tertiary/aromatic N) is 1. The number of likely N-dealkylation sites (N-methyl/N-ethyl adjacent to an activating group) is 1. The Labute approximate surface area is 101 Å². The Bertz CT molecular complexity index is 404. The molecule has 1 atom stereocenters. The van der Waals surface area contributed by atoms with Gasteiger partial charge in [0.05, 0.1) is 6.04 Å². The number of phenols is 1. The molecule has 0 fully saturated rings. The predicted molar refractivity (Wildman–Crippen MR) is 68.9 cm³/mol. The van der Waals surface area contributed by atoms with Crippen LogP contribution < -0.4 is 10.6 Å². The van der Waals surface area contributed by atoms with Gasteiger partial charge in [-0.3, -0.25) is 4.79 Å². The standard InChI is InChI=1S/C13H18N2O2/c1-3-6-12(14)13(17)15(4-2)10-7-5-8-11(16)9-10/h3,5,7-9,12,16H,1,4,6,14H2,2H3. The fraction of sp³-hybridized carbons (Fsp3) is 0.308. The van der Waals surface area contributed by atoms with Gasteiger partial charge in [0.15, 0.2) is 0 Å². The number of carbonyl (C=O) groups excluding carboxylic acids is 1. The van der Waals surface area contributed by atoms with Gasteiger partial charge in [-0.05, 0) is 25.5 Å². The van der Waals surface area contributed by atoms with Gasteiger partial charge in [0, 0.05) is 18.3 Å². The summed E-state index contributed by atoms with van der Waals surface area (Å²) < 4.78 is 0. The summed E-state index contributed by atoms with van der Waals surface area (Å²) in [5.41, 5.74) is 6.40. The molecule has 1 unspecified atom stereocenters. The van der Waals surface area contributed by atoms with Crippen molar-refractivity contribution in [2.24, 2.45) is 5.73 Å². The van der Waals surface area contributed by atoms with E-state index < -0.39 is 6.04 Å². The van der Waals surface area contributed by atoms with Crippen LogP contribution in [-0.4, -0.2) is 23.6 Å². The summed E-state index contributed by atoms with van der Waals surface area (Å²) in [5.74, 6) is -0.0379. The van der Waals surface area contributed by atoms with Crippen LogP contribution in [0, 0.1) is 0 Å². The van der Waals surface area contributed by atoms with Crippen LogP contribution >= 0.6 is 0 Å². The molecule has 0 radical (unpaired) electrons. The van der Waals surface area contributed by atoms with E-state index in [1.807, 2.05) is 6.92 Å². The molecule has 0 aliphatic carbocycles. The average Bonchev–Trinajstić information content (AvgIpc) is 2.30. The van der Waals surface area contributed by atoms with Crippen molar-refractivity contribution in [1.82, 2.24) is 0 Å². The molecule has 3 N–H and O–H groups in total. The molecule has 1 aromatic rings. The lowest BCUT2D eigenvalue weighted by molar-refractivity contribution is -0.119. The van der Waals surface area contributed by atoms with E-state index in [1.54, 1.807) is 35.2 Å². The van der Waals surface area contributed by atoms with Crippen molar-refractivity contribution < 1.29 is 9.90 Å². The first kappa shape index (κ1) is 13.3. The van der Waals surface area contributed by atoms with Crippen LogP contribution in [0.3, 0.4) is 0 Å². The average molecular weight is 234 g/mol. The molecule has 92 valence electrons. The summed E-state index contributed by atoms with van der Waals surface area (Å²) in [7, 11) is 0. The lowest BCUT2D eigenvalue weighted by atomic mass is 10.1. The Balaban J connectivity index is 2.91. The van der Waals surface area contributed by atoms with Crippen molar-refractivity contribution in [1.29, 1.82) is 0 Å². The highest BCUT2D eigenvalue weighted by atomic mass is 16.3. The molecular formula is C13H18N2O2. The molecule has 17 heavy (non-hydrogen) atoms. The summed E-state index contributed by atoms with van der Waals surface area (Å²) in [6, 6.07) is 5.98. The van der Waals surface area contributed by atoms with Gasteiger partial charge < -0.3 is 15.7 Å². The lowest BCUT2D eigenvalue weighted by Gasteiger charge is -2.24. The SMILES string of the molecule is C=CCC(N)C(=O)N(CC)c1cccc(O)c1. The molecule has 0 aliphatic rings. The van der Waals surface area contributed by atoms with Gasteiger partial charge in [-0.1, -0.05) is 12.1 Å². The van der Waals surface area contributed by atoms with Gasteiger partial charge in [0.25, 0.3) is 0 Å². The fourth-order valence-corrected chi connectivity index (χ4v) is 1.61. The molecule has 0 saturated heterocycles. The van der Waals surface area contributed by atoms with E-state index in [0.717, 1.165) is 0 Å². The maximum Gasteiger partial charge on any atom is 0.244 e. The topological polar surface area (TPSA) is 66.6 Å². The molecule has 1 amide bonds. The fourth-order valence-electron chi connectivity index (χ4n) is 1.61. The van der Waals surface area contributed by atoms with Gasteiger partial charge in [-0.25, -0.2) is 0 Å². The number of amides is 1. The van der Waals surface area contributed by atoms with Crippen molar-refractivity contribution in [2.75, 3.05) is 11.4 Å². The number of carbonyl (C=O) groups is 1. The van der Waals surface area contributed by atoms with Crippen LogP contribution in [0.2, 0.25) is 0 Å². The first-order chi connectivity index (χ1) is 8.10. The molecule has 4 nitrogen and oxygen atoms in total. The van der Waals surface area contributed by atoms with Crippen LogP contribution in [0.15, 0.2) is 36.9 Å². The van der Waals surface area contributed by atoms with Crippen LogP contribution in [-0.2, 0) is 4.79 Å². The number of hydrogen-bond donors (Lipinski definition) is 2. The number of hydrogen-bond acceptors (Lipinski definition) is 3. The third kappa shape index (κ3) is 3.32. The van der Waals surface area contributed by atoms with E-state index >= 15 is 0 Å². The van der Waals surface area contributed by atoms with E-state index in [0.29, 0.717) is 18.7 Å². The van der Waals surface area contributed by atoms with E-state index in [2.05, 4.69) is 6.58 Å². The maximum absolute atomic E-state index is 12.0. The molecule has 0 saturated carbocycles. The predicted octanol–water partition coefficient (Wildman–Crippen LogP) is 1.65. The number of benzene rings is 1. The summed E-state index contributed by atoms with van der Waals surface area (Å²) in [6.45, 7) is 5.94. The Kier molecular flexibility index (Phi) is 4.72. The van der Waals surface area contributed by atoms with Crippen LogP contribution in [0.25, 0.3) is 0 Å². The van der Waals surface area contributed by atoms with Crippen molar-refractivity contribution in [3.8, 4) is 5.75 Å². The third-order valence-electron chi connectivity index (χ3n) is 2.46. The number of aromatic hydroxyl groups is 1. The van der Waals surface area contributed by atoms with Crippen LogP contribution in [0.4, 0.5) is 5.69 Å². The molecule has 0 aliphatic heterocycles. The van der Waals surface area contributed by atoms with Gasteiger partial charge >= 0.3 is 0 Å². The molecule has 0 heterocycles. The summed E-state index contributed by atoms with van der Waals surface area (Å²) >= 11 is 0. The number of phenolic OH excluding ortho intramolecular Hbond substituents is 1. The first-order valence-corrected chi connectivity index (χ1v) is 5.57. The second kappa shape index (κ2) is 6.06. The summed E-state index contributed by atoms with van der Waals surface area (Å²) in [4.78, 5) is 13.6. The second-order valence-corrected chi connectivity index (χ2v) is 3.73. The maximum atomic E-state index is 12.0. The van der Waals surface area contributed by atoms with Gasteiger partial charge in [-0.2, -0.15) is 0 Å². The van der Waals surface area contributed by atoms with E-state index in [-0.39, 0.29) is 11.7 Å². The zero-order valence-corrected chi connectivity index (χ0v) is 9.97. The molecule has 0 bridgehead atoms. The number of nitrogens with two attached hydrogens (primary N) is 1. The second-order valence-electron chi connectivity index (χ2n) is 3.73. The Morgan fingerprint density at radius 2 is 2.35 bits per heavy atom. The van der Waals surface area contributed by atoms with Crippen molar-refractivity contribution >= 4 is 11.6 Å². The third-order valence-corrected chi connectivity index (χ3v) is 2.46. The summed E-state index contributed by atoms with van der Waals surface area (Å²) in [6.07, 6.45) is 2.06. The first-order valence-electron chi connectivity index (χ1n) is 5.57. The normalized spacial score (nSPS) is 11.9. The van der Waals surface area contributed by atoms with Crippen LogP contribution in [0.5, 0.6) is 5.75 Å². The minimum Gasteiger partial charge on any atom is -0.508 e. The lowest BCUT2D eigenvalue weighted by Crippen LogP contribution is -2.43. The smallest absolute Gasteiger partial charge is 0.244 e. The highest BCUT2D eigenvalue weighted by Gasteiger charge is 2.20. The van der Waals surface area contributed by atoms with E-state index in [9.17, 15) is 9.90 Å². The number of anilines is 1. The van der Waals surface area contributed by atoms with Crippen LogP contribution in [0.1, 0.15) is 13.3 Å². The highest BCUT2D eigenvalue weighted by Crippen LogP contribution is 2.20. The minimum atomic E-state index is -0.588. The minimum absolute atomic E-state index is 0.131. The largest absolute Gasteiger partial charge is 0.508 e. The molecular weight excluding hydrogens is 216 g/mol. The quantitative estimate of drug-likeness (QED) is 0.761. The highest BCUT2D eigenvalue weighted by molar-refractivity contribution is 5.97. The Morgan fingerprint density at radius 1 is 1.65 bits per heavy atom. The van der Waals surface area contributed by atoms with E-state index in [4.69, 9.17) is 5.73 Å². The molecule has 0 aromatic heterocycles. The van der Waals surface area contributed by atoms with Gasteiger partial charge in [-0.15, -0.1) is 6.58 Å².